The van der Waals surface area contributed by atoms with Crippen LogP contribution >= 0.6 is 0 Å². The number of hydrogen-bond donors (Lipinski definition) is 1. The lowest BCUT2D eigenvalue weighted by atomic mass is 9.51. The van der Waals surface area contributed by atoms with E-state index >= 15 is 0 Å². The van der Waals surface area contributed by atoms with Crippen LogP contribution in [0.1, 0.15) is 38.2 Å². The number of anilines is 1. The van der Waals surface area contributed by atoms with Crippen LogP contribution in [-0.4, -0.2) is 18.8 Å². The van der Waals surface area contributed by atoms with Crippen LogP contribution < -0.4 is 5.32 Å². The van der Waals surface area contributed by atoms with Gasteiger partial charge < -0.3 is 10.1 Å². The second kappa shape index (κ2) is 5.06. The molecule has 3 rings (SSSR count). The molecular formula is C16H19FN2O. The molecule has 2 aliphatic carbocycles. The summed E-state index contributed by atoms with van der Waals surface area (Å²) in [5.41, 5.74) is 0.926. The minimum atomic E-state index is -0.458. The minimum Gasteiger partial charge on any atom is -0.380 e. The third-order valence-corrected chi connectivity index (χ3v) is 4.89. The van der Waals surface area contributed by atoms with Crippen molar-refractivity contribution in [3.05, 3.63) is 29.6 Å². The zero-order valence-corrected chi connectivity index (χ0v) is 11.7. The van der Waals surface area contributed by atoms with Gasteiger partial charge in [0, 0.05) is 18.1 Å². The number of rotatable bonds is 4. The highest BCUT2D eigenvalue weighted by molar-refractivity contribution is 5.59. The first-order valence-electron chi connectivity index (χ1n) is 7.28. The summed E-state index contributed by atoms with van der Waals surface area (Å²) in [6.45, 7) is 2.76. The highest BCUT2D eigenvalue weighted by Gasteiger charge is 2.59. The fraction of sp³-hybridized carbons (Fsp3) is 0.562. The van der Waals surface area contributed by atoms with Crippen LogP contribution in [0.2, 0.25) is 0 Å². The van der Waals surface area contributed by atoms with Gasteiger partial charge in [-0.15, -0.1) is 0 Å². The van der Waals surface area contributed by atoms with Crippen molar-refractivity contribution < 1.29 is 9.13 Å². The van der Waals surface area contributed by atoms with Crippen LogP contribution in [0.5, 0.6) is 0 Å². The molecule has 1 aromatic rings. The van der Waals surface area contributed by atoms with E-state index in [0.717, 1.165) is 25.9 Å². The summed E-state index contributed by atoms with van der Waals surface area (Å²) in [7, 11) is 0. The van der Waals surface area contributed by atoms with Crippen LogP contribution in [-0.2, 0) is 4.74 Å². The number of ether oxygens (including phenoxy) is 1. The van der Waals surface area contributed by atoms with Crippen molar-refractivity contribution in [1.82, 2.24) is 0 Å². The normalized spacial score (nSPS) is 26.4. The predicted molar refractivity (Wildman–Crippen MR) is 74.8 cm³/mol. The van der Waals surface area contributed by atoms with E-state index in [1.165, 1.54) is 12.5 Å². The molecule has 0 radical (unpaired) electrons. The van der Waals surface area contributed by atoms with Crippen LogP contribution in [0.25, 0.3) is 0 Å². The quantitative estimate of drug-likeness (QED) is 0.914. The molecule has 0 heterocycles. The number of hydrogen-bond acceptors (Lipinski definition) is 3. The third-order valence-electron chi connectivity index (χ3n) is 4.89. The van der Waals surface area contributed by atoms with Crippen LogP contribution in [0.15, 0.2) is 18.2 Å². The largest absolute Gasteiger partial charge is 0.380 e. The Morgan fingerprint density at radius 2 is 2.30 bits per heavy atom. The number of nitrogens with zero attached hydrogens (tertiary/aromatic N) is 1. The Balaban J connectivity index is 1.77. The third kappa shape index (κ3) is 1.89. The van der Waals surface area contributed by atoms with E-state index in [9.17, 15) is 4.39 Å². The molecule has 0 bridgehead atoms. The summed E-state index contributed by atoms with van der Waals surface area (Å²) in [5.74, 6) is -0.458. The summed E-state index contributed by atoms with van der Waals surface area (Å²) in [4.78, 5) is 0. The van der Waals surface area contributed by atoms with Gasteiger partial charge in [0.05, 0.1) is 11.8 Å². The summed E-state index contributed by atoms with van der Waals surface area (Å²) >= 11 is 0. The number of nitrogens with one attached hydrogen (secondary N) is 1. The van der Waals surface area contributed by atoms with Crippen molar-refractivity contribution in [2.75, 3.05) is 11.9 Å². The average Bonchev–Trinajstić information content (AvgIpc) is 2.35. The molecule has 0 aromatic heterocycles. The summed E-state index contributed by atoms with van der Waals surface area (Å²) in [6, 6.07) is 6.99. The van der Waals surface area contributed by atoms with Crippen molar-refractivity contribution >= 4 is 5.69 Å². The second-order valence-electron chi connectivity index (χ2n) is 5.74. The molecule has 2 unspecified atom stereocenters. The lowest BCUT2D eigenvalue weighted by molar-refractivity contribution is -0.157. The van der Waals surface area contributed by atoms with Gasteiger partial charge in [0.15, 0.2) is 0 Å². The summed E-state index contributed by atoms with van der Waals surface area (Å²) in [5, 5.41) is 12.5. The topological polar surface area (TPSA) is 45.0 Å². The first-order valence-corrected chi connectivity index (χ1v) is 7.28. The van der Waals surface area contributed by atoms with E-state index in [-0.39, 0.29) is 11.0 Å². The van der Waals surface area contributed by atoms with Crippen LogP contribution in [0.4, 0.5) is 10.1 Å². The van der Waals surface area contributed by atoms with Gasteiger partial charge in [0.2, 0.25) is 0 Å². The van der Waals surface area contributed by atoms with Crippen molar-refractivity contribution in [2.24, 2.45) is 5.41 Å². The molecule has 1 spiro atoms. The Labute approximate surface area is 118 Å². The average molecular weight is 274 g/mol. The monoisotopic (exact) mass is 274 g/mol. The molecule has 2 atom stereocenters. The first kappa shape index (κ1) is 13.4. The maximum Gasteiger partial charge on any atom is 0.143 e. The van der Waals surface area contributed by atoms with E-state index in [2.05, 4.69) is 5.32 Å². The molecule has 1 aromatic carbocycles. The smallest absolute Gasteiger partial charge is 0.143 e. The van der Waals surface area contributed by atoms with E-state index in [1.54, 1.807) is 12.1 Å². The Morgan fingerprint density at radius 1 is 1.50 bits per heavy atom. The van der Waals surface area contributed by atoms with E-state index in [1.807, 2.05) is 13.0 Å². The lowest BCUT2D eigenvalue weighted by Gasteiger charge is -2.61. The molecule has 4 heteroatoms. The standard InChI is InChI=1S/C16H19FN2O/c1-2-20-15-9-14(16(15)7-4-8-16)19-13-6-3-5-12(17)11(13)10-18/h3,5-6,14-15,19H,2,4,7-9H2,1H3. The zero-order valence-electron chi connectivity index (χ0n) is 11.7. The molecule has 20 heavy (non-hydrogen) atoms. The van der Waals surface area contributed by atoms with Crippen molar-refractivity contribution in [2.45, 2.75) is 44.8 Å². The molecule has 0 amide bonds. The van der Waals surface area contributed by atoms with Gasteiger partial charge in [-0.25, -0.2) is 4.39 Å². The molecule has 0 saturated heterocycles. The van der Waals surface area contributed by atoms with Gasteiger partial charge in [-0.1, -0.05) is 12.5 Å². The Morgan fingerprint density at radius 3 is 2.90 bits per heavy atom. The molecule has 0 aliphatic heterocycles. The first-order chi connectivity index (χ1) is 9.71. The zero-order chi connectivity index (χ0) is 14.2. The van der Waals surface area contributed by atoms with Crippen molar-refractivity contribution in [1.29, 1.82) is 5.26 Å². The lowest BCUT2D eigenvalue weighted by Crippen LogP contribution is -2.64. The van der Waals surface area contributed by atoms with Gasteiger partial charge in [-0.3, -0.25) is 0 Å². The van der Waals surface area contributed by atoms with Gasteiger partial charge in [-0.2, -0.15) is 5.26 Å². The second-order valence-corrected chi connectivity index (χ2v) is 5.74. The van der Waals surface area contributed by atoms with E-state index < -0.39 is 5.82 Å². The molecular weight excluding hydrogens is 255 g/mol. The molecule has 106 valence electrons. The highest BCUT2D eigenvalue weighted by atomic mass is 19.1. The summed E-state index contributed by atoms with van der Waals surface area (Å²) < 4.78 is 19.4. The Hall–Kier alpha value is -1.60. The highest BCUT2D eigenvalue weighted by Crippen LogP contribution is 2.58. The Kier molecular flexibility index (Phi) is 3.39. The van der Waals surface area contributed by atoms with Crippen molar-refractivity contribution in [3.8, 4) is 6.07 Å². The number of halogens is 1. The molecule has 3 nitrogen and oxygen atoms in total. The molecule has 2 aliphatic rings. The van der Waals surface area contributed by atoms with E-state index in [0.29, 0.717) is 17.8 Å². The minimum absolute atomic E-state index is 0.113. The van der Waals surface area contributed by atoms with Crippen molar-refractivity contribution in [3.63, 3.8) is 0 Å². The SMILES string of the molecule is CCOC1CC(Nc2cccc(F)c2C#N)C12CCC2. The number of nitriles is 1. The maximum atomic E-state index is 13.6. The summed E-state index contributed by atoms with van der Waals surface area (Å²) in [6.07, 6.45) is 4.81. The molecule has 2 saturated carbocycles. The van der Waals surface area contributed by atoms with Crippen LogP contribution in [0.3, 0.4) is 0 Å². The fourth-order valence-electron chi connectivity index (χ4n) is 3.59. The van der Waals surface area contributed by atoms with Gasteiger partial charge in [-0.05, 0) is 38.3 Å². The predicted octanol–water partition coefficient (Wildman–Crippen LogP) is 3.46. The van der Waals surface area contributed by atoms with Gasteiger partial charge >= 0.3 is 0 Å². The van der Waals surface area contributed by atoms with Crippen LogP contribution in [0, 0.1) is 22.6 Å². The molecule has 1 N–H and O–H groups in total. The number of benzene rings is 1. The van der Waals surface area contributed by atoms with E-state index in [4.69, 9.17) is 10.00 Å². The van der Waals surface area contributed by atoms with Gasteiger partial charge in [0.25, 0.3) is 0 Å². The van der Waals surface area contributed by atoms with Gasteiger partial charge in [0.1, 0.15) is 17.4 Å². The Bertz CT molecular complexity index is 548. The molecule has 2 fully saturated rings. The maximum absolute atomic E-state index is 13.6. The fourth-order valence-corrected chi connectivity index (χ4v) is 3.59.